The van der Waals surface area contributed by atoms with Gasteiger partial charge in [0.2, 0.25) is 0 Å². The SMILES string of the molecule is OCC1CN(CCCc2nc(CCl)cs2)CCO1. The van der Waals surface area contributed by atoms with Gasteiger partial charge in [-0.3, -0.25) is 4.90 Å². The summed E-state index contributed by atoms with van der Waals surface area (Å²) in [6, 6.07) is 0. The first-order chi connectivity index (χ1) is 8.81. The maximum Gasteiger partial charge on any atom is 0.0932 e. The maximum absolute atomic E-state index is 9.07. The number of halogens is 1. The van der Waals surface area contributed by atoms with Gasteiger partial charge in [0, 0.05) is 24.9 Å². The number of aliphatic hydroxyl groups is 1. The van der Waals surface area contributed by atoms with E-state index in [0.29, 0.717) is 5.88 Å². The molecule has 0 aromatic carbocycles. The van der Waals surface area contributed by atoms with Crippen molar-refractivity contribution in [2.45, 2.75) is 24.8 Å². The van der Waals surface area contributed by atoms with Crippen molar-refractivity contribution in [3.8, 4) is 0 Å². The van der Waals surface area contributed by atoms with Crippen molar-refractivity contribution >= 4 is 22.9 Å². The van der Waals surface area contributed by atoms with Gasteiger partial charge in [0.1, 0.15) is 0 Å². The van der Waals surface area contributed by atoms with Crippen molar-refractivity contribution in [1.82, 2.24) is 9.88 Å². The smallest absolute Gasteiger partial charge is 0.0932 e. The van der Waals surface area contributed by atoms with Crippen LogP contribution in [0.1, 0.15) is 17.1 Å². The molecule has 1 N–H and O–H groups in total. The van der Waals surface area contributed by atoms with Crippen molar-refractivity contribution in [3.05, 3.63) is 16.1 Å². The number of hydrogen-bond acceptors (Lipinski definition) is 5. The molecule has 2 heterocycles. The third-order valence-electron chi connectivity index (χ3n) is 3.03. The molecule has 1 saturated heterocycles. The Labute approximate surface area is 117 Å². The summed E-state index contributed by atoms with van der Waals surface area (Å²) in [4.78, 5) is 6.79. The van der Waals surface area contributed by atoms with Crippen LogP contribution in [-0.4, -0.2) is 53.9 Å². The summed E-state index contributed by atoms with van der Waals surface area (Å²) in [5.74, 6) is 0.498. The van der Waals surface area contributed by atoms with Gasteiger partial charge in [0.15, 0.2) is 0 Å². The quantitative estimate of drug-likeness (QED) is 0.807. The second kappa shape index (κ2) is 7.40. The number of aromatic nitrogens is 1. The Morgan fingerprint density at radius 3 is 3.22 bits per heavy atom. The molecule has 1 unspecified atom stereocenters. The van der Waals surface area contributed by atoms with Crippen LogP contribution in [0.2, 0.25) is 0 Å². The second-order valence-electron chi connectivity index (χ2n) is 4.45. The first kappa shape index (κ1) is 14.2. The van der Waals surface area contributed by atoms with E-state index in [1.807, 2.05) is 5.38 Å². The number of aryl methyl sites for hydroxylation is 1. The van der Waals surface area contributed by atoms with Gasteiger partial charge in [-0.25, -0.2) is 4.98 Å². The molecule has 6 heteroatoms. The van der Waals surface area contributed by atoms with Crippen LogP contribution in [-0.2, 0) is 17.0 Å². The molecule has 102 valence electrons. The second-order valence-corrected chi connectivity index (χ2v) is 5.66. The van der Waals surface area contributed by atoms with Crippen molar-refractivity contribution in [2.75, 3.05) is 32.8 Å². The minimum absolute atomic E-state index is 0.0125. The van der Waals surface area contributed by atoms with E-state index in [1.54, 1.807) is 11.3 Å². The molecule has 0 amide bonds. The molecule has 1 aliphatic rings. The fourth-order valence-electron chi connectivity index (χ4n) is 2.07. The highest BCUT2D eigenvalue weighted by Crippen LogP contribution is 2.14. The van der Waals surface area contributed by atoms with Crippen molar-refractivity contribution in [3.63, 3.8) is 0 Å². The molecule has 0 spiro atoms. The minimum Gasteiger partial charge on any atom is -0.394 e. The Kier molecular flexibility index (Phi) is 5.85. The topological polar surface area (TPSA) is 45.6 Å². The number of hydrogen-bond donors (Lipinski definition) is 1. The predicted molar refractivity (Wildman–Crippen MR) is 73.3 cm³/mol. The molecular formula is C12H19ClN2O2S. The lowest BCUT2D eigenvalue weighted by Gasteiger charge is -2.31. The van der Waals surface area contributed by atoms with Crippen molar-refractivity contribution in [1.29, 1.82) is 0 Å². The molecule has 0 radical (unpaired) electrons. The zero-order valence-electron chi connectivity index (χ0n) is 10.3. The van der Waals surface area contributed by atoms with Crippen LogP contribution < -0.4 is 0 Å². The molecule has 1 aliphatic heterocycles. The number of aliphatic hydroxyl groups excluding tert-OH is 1. The van der Waals surface area contributed by atoms with E-state index < -0.39 is 0 Å². The summed E-state index contributed by atoms with van der Waals surface area (Å²) >= 11 is 7.41. The van der Waals surface area contributed by atoms with Crippen LogP contribution in [0.5, 0.6) is 0 Å². The predicted octanol–water partition coefficient (Wildman–Crippen LogP) is 1.51. The van der Waals surface area contributed by atoms with Gasteiger partial charge in [-0.1, -0.05) is 0 Å². The molecule has 1 aromatic rings. The van der Waals surface area contributed by atoms with Crippen LogP contribution in [0.25, 0.3) is 0 Å². The Bertz CT molecular complexity index is 362. The minimum atomic E-state index is -0.0125. The van der Waals surface area contributed by atoms with E-state index >= 15 is 0 Å². The lowest BCUT2D eigenvalue weighted by molar-refractivity contribution is -0.0527. The standard InChI is InChI=1S/C12H19ClN2O2S/c13-6-10-9-18-12(14-10)2-1-3-15-4-5-17-11(7-15)8-16/h9,11,16H,1-8H2. The molecule has 18 heavy (non-hydrogen) atoms. The average molecular weight is 291 g/mol. The van der Waals surface area contributed by atoms with E-state index in [0.717, 1.165) is 49.8 Å². The zero-order valence-corrected chi connectivity index (χ0v) is 11.9. The summed E-state index contributed by atoms with van der Waals surface area (Å²) in [6.07, 6.45) is 2.08. The van der Waals surface area contributed by atoms with E-state index in [1.165, 1.54) is 0 Å². The van der Waals surface area contributed by atoms with E-state index in [4.69, 9.17) is 21.4 Å². The van der Waals surface area contributed by atoms with Gasteiger partial charge < -0.3 is 9.84 Å². The Morgan fingerprint density at radius 1 is 1.61 bits per heavy atom. The fraction of sp³-hybridized carbons (Fsp3) is 0.750. The van der Waals surface area contributed by atoms with E-state index in [-0.39, 0.29) is 12.7 Å². The lowest BCUT2D eigenvalue weighted by atomic mass is 10.2. The Hall–Kier alpha value is -0.200. The largest absolute Gasteiger partial charge is 0.394 e. The summed E-state index contributed by atoms with van der Waals surface area (Å²) < 4.78 is 5.42. The van der Waals surface area contributed by atoms with Crippen LogP contribution in [0.3, 0.4) is 0 Å². The highest BCUT2D eigenvalue weighted by molar-refractivity contribution is 7.09. The number of ether oxygens (including phenoxy) is 1. The highest BCUT2D eigenvalue weighted by Gasteiger charge is 2.19. The third-order valence-corrected chi connectivity index (χ3v) is 4.26. The molecule has 1 fully saturated rings. The average Bonchev–Trinajstić information content (AvgIpc) is 2.87. The summed E-state index contributed by atoms with van der Waals surface area (Å²) in [6.45, 7) is 3.67. The molecule has 4 nitrogen and oxygen atoms in total. The van der Waals surface area contributed by atoms with Gasteiger partial charge in [-0.15, -0.1) is 22.9 Å². The first-order valence-corrected chi connectivity index (χ1v) is 7.67. The Morgan fingerprint density at radius 2 is 2.50 bits per heavy atom. The number of nitrogens with zero attached hydrogens (tertiary/aromatic N) is 2. The molecule has 0 aliphatic carbocycles. The van der Waals surface area contributed by atoms with Crippen LogP contribution in [0, 0.1) is 0 Å². The van der Waals surface area contributed by atoms with Crippen LogP contribution in [0.4, 0.5) is 0 Å². The van der Waals surface area contributed by atoms with E-state index in [9.17, 15) is 0 Å². The van der Waals surface area contributed by atoms with Gasteiger partial charge >= 0.3 is 0 Å². The van der Waals surface area contributed by atoms with Gasteiger partial charge in [-0.05, 0) is 13.0 Å². The number of thiazole rings is 1. The fourth-order valence-corrected chi connectivity index (χ4v) is 3.14. The monoisotopic (exact) mass is 290 g/mol. The molecule has 2 rings (SSSR count). The number of morpholine rings is 1. The van der Waals surface area contributed by atoms with Gasteiger partial charge in [-0.2, -0.15) is 0 Å². The van der Waals surface area contributed by atoms with Crippen LogP contribution in [0.15, 0.2) is 5.38 Å². The maximum atomic E-state index is 9.07. The zero-order chi connectivity index (χ0) is 12.8. The number of alkyl halides is 1. The summed E-state index contributed by atoms with van der Waals surface area (Å²) in [7, 11) is 0. The molecular weight excluding hydrogens is 272 g/mol. The molecule has 1 aromatic heterocycles. The summed E-state index contributed by atoms with van der Waals surface area (Å²) in [5.41, 5.74) is 0.975. The molecule has 0 saturated carbocycles. The normalized spacial score (nSPS) is 21.3. The van der Waals surface area contributed by atoms with Crippen molar-refractivity contribution < 1.29 is 9.84 Å². The highest BCUT2D eigenvalue weighted by atomic mass is 35.5. The van der Waals surface area contributed by atoms with Gasteiger partial charge in [0.05, 0.1) is 35.9 Å². The lowest BCUT2D eigenvalue weighted by Crippen LogP contribution is -2.44. The molecule has 1 atom stereocenters. The van der Waals surface area contributed by atoms with E-state index in [2.05, 4.69) is 9.88 Å². The van der Waals surface area contributed by atoms with Gasteiger partial charge in [0.25, 0.3) is 0 Å². The Balaban J connectivity index is 1.68. The third kappa shape index (κ3) is 4.17. The van der Waals surface area contributed by atoms with Crippen LogP contribution >= 0.6 is 22.9 Å². The molecule has 0 bridgehead atoms. The van der Waals surface area contributed by atoms with Crippen molar-refractivity contribution in [2.24, 2.45) is 0 Å². The number of rotatable bonds is 6. The summed E-state index contributed by atoms with van der Waals surface area (Å²) in [5, 5.41) is 12.3. The first-order valence-electron chi connectivity index (χ1n) is 6.26.